The highest BCUT2D eigenvalue weighted by Gasteiger charge is 2.28. The van der Waals surface area contributed by atoms with Crippen molar-refractivity contribution >= 4 is 26.8 Å². The molecule has 0 bridgehead atoms. The van der Waals surface area contributed by atoms with Gasteiger partial charge in [-0.15, -0.1) is 0 Å². The van der Waals surface area contributed by atoms with Crippen LogP contribution in [0.15, 0.2) is 15.3 Å². The molecule has 6 nitrogen and oxygen atoms in total. The minimum absolute atomic E-state index is 0.00516. The number of hydrogen-bond donors (Lipinski definition) is 1. The van der Waals surface area contributed by atoms with Crippen molar-refractivity contribution in [2.45, 2.75) is 39.3 Å². The molecule has 1 saturated heterocycles. The molecule has 1 aliphatic heterocycles. The van der Waals surface area contributed by atoms with E-state index in [-0.39, 0.29) is 22.5 Å². The molecular weight excluding hydrogens is 415 g/mol. The number of nitrogens with one attached hydrogen (secondary N) is 1. The molecule has 148 valence electrons. The lowest BCUT2D eigenvalue weighted by molar-refractivity contribution is 0.154. The van der Waals surface area contributed by atoms with Crippen molar-refractivity contribution < 1.29 is 9.13 Å². The van der Waals surface area contributed by atoms with Crippen LogP contribution in [0.5, 0.6) is 5.75 Å². The number of fused-ring (bicyclic) bond motifs is 1. The highest BCUT2D eigenvalue weighted by molar-refractivity contribution is 9.10. The Bertz CT molecular complexity index is 880. The highest BCUT2D eigenvalue weighted by Crippen LogP contribution is 2.34. The fourth-order valence-electron chi connectivity index (χ4n) is 3.76. The first-order valence-electron chi connectivity index (χ1n) is 9.44. The summed E-state index contributed by atoms with van der Waals surface area (Å²) < 4.78 is 22.1. The predicted molar refractivity (Wildman–Crippen MR) is 108 cm³/mol. The lowest BCUT2D eigenvalue weighted by Gasteiger charge is -2.35. The van der Waals surface area contributed by atoms with Crippen LogP contribution in [0.4, 0.5) is 4.39 Å². The van der Waals surface area contributed by atoms with Crippen LogP contribution in [0.25, 0.3) is 10.9 Å². The van der Waals surface area contributed by atoms with Gasteiger partial charge in [0.2, 0.25) is 0 Å². The van der Waals surface area contributed by atoms with Gasteiger partial charge >= 0.3 is 0 Å². The van der Waals surface area contributed by atoms with E-state index in [2.05, 4.69) is 38.1 Å². The van der Waals surface area contributed by atoms with Gasteiger partial charge in [0.05, 0.1) is 23.0 Å². The van der Waals surface area contributed by atoms with Gasteiger partial charge in [0, 0.05) is 38.8 Å². The van der Waals surface area contributed by atoms with E-state index in [1.807, 2.05) is 6.92 Å². The molecule has 0 unspecified atom stereocenters. The van der Waals surface area contributed by atoms with Gasteiger partial charge in [-0.1, -0.05) is 13.3 Å². The van der Waals surface area contributed by atoms with Crippen LogP contribution in [-0.2, 0) is 6.54 Å². The molecule has 0 amide bonds. The molecule has 0 aliphatic carbocycles. The van der Waals surface area contributed by atoms with Crippen molar-refractivity contribution in [3.63, 3.8) is 0 Å². The quantitative estimate of drug-likeness (QED) is 0.747. The maximum atomic E-state index is 14.8. The van der Waals surface area contributed by atoms with Gasteiger partial charge in [-0.2, -0.15) is 0 Å². The summed E-state index contributed by atoms with van der Waals surface area (Å²) in [5, 5.41) is 3.58. The number of piperazine rings is 1. The molecule has 2 aromatic rings. The second kappa shape index (κ2) is 8.67. The minimum atomic E-state index is -0.540. The molecule has 8 heteroatoms. The lowest BCUT2D eigenvalue weighted by atomic mass is 10.1. The molecule has 3 rings (SSSR count). The average Bonchev–Trinajstić information content (AvgIpc) is 2.69. The molecule has 0 spiro atoms. The normalized spacial score (nSPS) is 16.6. The van der Waals surface area contributed by atoms with Gasteiger partial charge in [0.15, 0.2) is 5.82 Å². The van der Waals surface area contributed by atoms with E-state index in [0.717, 1.165) is 39.0 Å². The Morgan fingerprint density at radius 2 is 2.07 bits per heavy atom. The number of ether oxygens (including phenoxy) is 1. The summed E-state index contributed by atoms with van der Waals surface area (Å²) in [6, 6.07) is 1.27. The molecule has 1 aliphatic rings. The second-order valence-electron chi connectivity index (χ2n) is 6.71. The Labute approximate surface area is 166 Å². The number of aromatic nitrogens is 2. The van der Waals surface area contributed by atoms with Crippen molar-refractivity contribution in [2.24, 2.45) is 0 Å². The molecule has 1 aromatic carbocycles. The zero-order valence-corrected chi connectivity index (χ0v) is 17.6. The summed E-state index contributed by atoms with van der Waals surface area (Å²) in [4.78, 5) is 20.3. The first kappa shape index (κ1) is 20.2. The summed E-state index contributed by atoms with van der Waals surface area (Å²) in [5.74, 6) is 0.401. The molecule has 1 aromatic heterocycles. The number of hydrogen-bond acceptors (Lipinski definition) is 5. The van der Waals surface area contributed by atoms with E-state index >= 15 is 0 Å². The zero-order chi connectivity index (χ0) is 19.6. The Hall–Kier alpha value is -1.51. The van der Waals surface area contributed by atoms with Gasteiger partial charge in [-0.25, -0.2) is 9.37 Å². The second-order valence-corrected chi connectivity index (χ2v) is 7.50. The van der Waals surface area contributed by atoms with Gasteiger partial charge in [0.25, 0.3) is 5.56 Å². The van der Waals surface area contributed by atoms with E-state index < -0.39 is 5.82 Å². The van der Waals surface area contributed by atoms with Crippen molar-refractivity contribution in [1.82, 2.24) is 19.8 Å². The van der Waals surface area contributed by atoms with Crippen molar-refractivity contribution in [3.05, 3.63) is 32.5 Å². The van der Waals surface area contributed by atoms with Crippen LogP contribution in [-0.4, -0.2) is 47.7 Å². The highest BCUT2D eigenvalue weighted by atomic mass is 79.9. The molecule has 1 atom stereocenters. The third-order valence-electron chi connectivity index (χ3n) is 5.11. The van der Waals surface area contributed by atoms with Crippen molar-refractivity contribution in [2.75, 3.05) is 33.3 Å². The van der Waals surface area contributed by atoms with Crippen LogP contribution >= 0.6 is 15.9 Å². The SMILES string of the molecule is CCC[C@@H](c1nc2c(F)cc(OC)c(Br)c2c(=O)n1CC)N1CCNCC1. The smallest absolute Gasteiger partial charge is 0.262 e. The summed E-state index contributed by atoms with van der Waals surface area (Å²) in [6.07, 6.45) is 1.83. The molecule has 1 N–H and O–H groups in total. The van der Waals surface area contributed by atoms with Crippen molar-refractivity contribution in [3.8, 4) is 5.75 Å². The monoisotopic (exact) mass is 440 g/mol. The first-order chi connectivity index (χ1) is 13.0. The summed E-state index contributed by atoms with van der Waals surface area (Å²) in [6.45, 7) is 8.10. The Morgan fingerprint density at radius 3 is 2.67 bits per heavy atom. The Kier molecular flexibility index (Phi) is 6.49. The van der Waals surface area contributed by atoms with Crippen molar-refractivity contribution in [1.29, 1.82) is 0 Å². The van der Waals surface area contributed by atoms with E-state index in [1.54, 1.807) is 4.57 Å². The van der Waals surface area contributed by atoms with Crippen LogP contribution < -0.4 is 15.6 Å². The summed E-state index contributed by atoms with van der Waals surface area (Å²) in [7, 11) is 1.45. The third kappa shape index (κ3) is 3.75. The summed E-state index contributed by atoms with van der Waals surface area (Å²) in [5.41, 5.74) is -0.137. The first-order valence-corrected chi connectivity index (χ1v) is 10.2. The van der Waals surface area contributed by atoms with Gasteiger partial charge in [-0.05, 0) is 29.3 Å². The molecule has 2 heterocycles. The van der Waals surface area contributed by atoms with Gasteiger partial charge in [0.1, 0.15) is 17.1 Å². The van der Waals surface area contributed by atoms with Crippen LogP contribution in [0.2, 0.25) is 0 Å². The Balaban J connectivity index is 2.25. The largest absolute Gasteiger partial charge is 0.495 e. The van der Waals surface area contributed by atoms with Gasteiger partial charge < -0.3 is 10.1 Å². The van der Waals surface area contributed by atoms with E-state index in [4.69, 9.17) is 4.74 Å². The third-order valence-corrected chi connectivity index (χ3v) is 5.89. The van der Waals surface area contributed by atoms with Gasteiger partial charge in [-0.3, -0.25) is 14.3 Å². The molecular formula is C19H26BrFN4O2. The topological polar surface area (TPSA) is 59.4 Å². The van der Waals surface area contributed by atoms with Crippen LogP contribution in [0.1, 0.15) is 38.6 Å². The zero-order valence-electron chi connectivity index (χ0n) is 16.0. The molecule has 27 heavy (non-hydrogen) atoms. The number of halogens is 2. The predicted octanol–water partition coefficient (Wildman–Crippen LogP) is 3.07. The standard InChI is InChI=1S/C19H26BrFN4O2/c1-4-6-13(24-9-7-22-8-10-24)18-23-17-12(21)11-14(27-3)16(20)15(17)19(26)25(18)5-2/h11,13,22H,4-10H2,1-3H3/t13-/m0/s1. The minimum Gasteiger partial charge on any atom is -0.495 e. The van der Waals surface area contributed by atoms with E-state index in [9.17, 15) is 9.18 Å². The number of nitrogens with zero attached hydrogens (tertiary/aromatic N) is 3. The maximum Gasteiger partial charge on any atom is 0.262 e. The van der Waals surface area contributed by atoms with Crippen LogP contribution in [0, 0.1) is 5.82 Å². The number of methoxy groups -OCH3 is 1. The maximum absolute atomic E-state index is 14.8. The fourth-order valence-corrected chi connectivity index (χ4v) is 4.40. The van der Waals surface area contributed by atoms with Crippen LogP contribution in [0.3, 0.4) is 0 Å². The Morgan fingerprint density at radius 1 is 1.37 bits per heavy atom. The van der Waals surface area contributed by atoms with E-state index in [1.165, 1.54) is 13.2 Å². The molecule has 1 fully saturated rings. The number of benzene rings is 1. The lowest BCUT2D eigenvalue weighted by Crippen LogP contribution is -2.46. The number of rotatable bonds is 6. The van der Waals surface area contributed by atoms with E-state index in [0.29, 0.717) is 22.6 Å². The molecule has 0 radical (unpaired) electrons. The molecule has 0 saturated carbocycles. The fraction of sp³-hybridized carbons (Fsp3) is 0.579. The summed E-state index contributed by atoms with van der Waals surface area (Å²) >= 11 is 3.40. The average molecular weight is 441 g/mol.